The van der Waals surface area contributed by atoms with Crippen LogP contribution < -0.4 is 5.32 Å². The van der Waals surface area contributed by atoms with Gasteiger partial charge in [0.15, 0.2) is 9.84 Å². The Morgan fingerprint density at radius 3 is 2.52 bits per heavy atom. The number of nitrogens with one attached hydrogen (secondary N) is 1. The molecule has 0 aromatic heterocycles. The average molecular weight is 332 g/mol. The summed E-state index contributed by atoms with van der Waals surface area (Å²) in [7, 11) is -3.67. The van der Waals surface area contributed by atoms with Crippen LogP contribution in [0.3, 0.4) is 0 Å². The highest BCUT2D eigenvalue weighted by Gasteiger charge is 2.27. The van der Waals surface area contributed by atoms with Crippen LogP contribution in [-0.2, 0) is 19.9 Å². The number of sulfone groups is 1. The minimum absolute atomic E-state index is 0.0450. The number of hydrogen-bond donors (Lipinski definition) is 1. The van der Waals surface area contributed by atoms with Gasteiger partial charge in [0.1, 0.15) is 4.90 Å². The average Bonchev–Trinajstić information content (AvgIpc) is 2.37. The second-order valence-corrected chi connectivity index (χ2v) is 9.73. The van der Waals surface area contributed by atoms with Crippen molar-refractivity contribution in [2.45, 2.75) is 23.8 Å². The first kappa shape index (κ1) is 16.3. The van der Waals surface area contributed by atoms with Crippen LogP contribution in [0.15, 0.2) is 29.2 Å². The third-order valence-electron chi connectivity index (χ3n) is 3.47. The lowest BCUT2D eigenvalue weighted by molar-refractivity contribution is 0.521. The lowest BCUT2D eigenvalue weighted by Crippen LogP contribution is -2.35. The number of nitrogens with zero attached hydrogens (tertiary/aromatic N) is 1. The van der Waals surface area contributed by atoms with Crippen LogP contribution in [-0.4, -0.2) is 52.8 Å². The Bertz CT molecular complexity index is 711. The van der Waals surface area contributed by atoms with Crippen LogP contribution in [0.4, 0.5) is 5.69 Å². The minimum Gasteiger partial charge on any atom is -0.380 e. The van der Waals surface area contributed by atoms with Gasteiger partial charge in [-0.2, -0.15) is 0 Å². The summed E-state index contributed by atoms with van der Waals surface area (Å²) in [6.07, 6.45) is 1.32. The van der Waals surface area contributed by atoms with Crippen LogP contribution in [0.2, 0.25) is 0 Å². The Hall–Kier alpha value is -1.12. The van der Waals surface area contributed by atoms with E-state index in [1.807, 2.05) is 0 Å². The van der Waals surface area contributed by atoms with Crippen molar-refractivity contribution < 1.29 is 16.8 Å². The summed E-state index contributed by atoms with van der Waals surface area (Å²) >= 11 is 0. The second-order valence-electron chi connectivity index (χ2n) is 5.38. The molecule has 1 heterocycles. The van der Waals surface area contributed by atoms with E-state index in [9.17, 15) is 16.8 Å². The molecule has 1 aliphatic heterocycles. The number of para-hydroxylation sites is 1. The SMILES string of the molecule is CN(C)S(=O)(=O)c1ccccc1NC1CCCS(=O)(=O)C1. The van der Waals surface area contributed by atoms with Crippen molar-refractivity contribution in [1.29, 1.82) is 0 Å². The number of hydrogen-bond acceptors (Lipinski definition) is 5. The maximum Gasteiger partial charge on any atom is 0.244 e. The second kappa shape index (κ2) is 5.94. The quantitative estimate of drug-likeness (QED) is 0.887. The molecule has 1 N–H and O–H groups in total. The molecular formula is C13H20N2O4S2. The fourth-order valence-electron chi connectivity index (χ4n) is 2.36. The summed E-state index contributed by atoms with van der Waals surface area (Å²) in [4.78, 5) is 0.165. The first-order valence-electron chi connectivity index (χ1n) is 6.71. The molecule has 0 bridgehead atoms. The molecule has 1 saturated heterocycles. The predicted molar refractivity (Wildman–Crippen MR) is 82.6 cm³/mol. The van der Waals surface area contributed by atoms with Crippen LogP contribution in [0, 0.1) is 0 Å². The molecule has 118 valence electrons. The normalized spacial score (nSPS) is 22.1. The summed E-state index contributed by atoms with van der Waals surface area (Å²) in [5.41, 5.74) is 0.452. The summed E-state index contributed by atoms with van der Waals surface area (Å²) in [5, 5.41) is 3.08. The Morgan fingerprint density at radius 2 is 1.90 bits per heavy atom. The molecule has 0 aliphatic carbocycles. The van der Waals surface area contributed by atoms with Crippen molar-refractivity contribution in [3.05, 3.63) is 24.3 Å². The van der Waals surface area contributed by atoms with E-state index in [0.717, 1.165) is 10.7 Å². The predicted octanol–water partition coefficient (Wildman–Crippen LogP) is 0.926. The molecule has 0 saturated carbocycles. The van der Waals surface area contributed by atoms with Gasteiger partial charge in [-0.15, -0.1) is 0 Å². The number of rotatable bonds is 4. The van der Waals surface area contributed by atoms with Crippen LogP contribution in [0.1, 0.15) is 12.8 Å². The molecule has 0 amide bonds. The molecule has 1 aromatic carbocycles. The van der Waals surface area contributed by atoms with Gasteiger partial charge in [-0.05, 0) is 25.0 Å². The van der Waals surface area contributed by atoms with Gasteiger partial charge in [-0.1, -0.05) is 12.1 Å². The molecule has 1 fully saturated rings. The van der Waals surface area contributed by atoms with Crippen molar-refractivity contribution in [3.8, 4) is 0 Å². The van der Waals surface area contributed by atoms with E-state index in [4.69, 9.17) is 0 Å². The number of anilines is 1. The van der Waals surface area contributed by atoms with Crippen LogP contribution in [0.25, 0.3) is 0 Å². The molecule has 0 spiro atoms. The highest BCUT2D eigenvalue weighted by atomic mass is 32.2. The fourth-order valence-corrected chi connectivity index (χ4v) is 5.05. The van der Waals surface area contributed by atoms with Gasteiger partial charge in [-0.25, -0.2) is 21.1 Å². The number of benzene rings is 1. The molecule has 0 radical (unpaired) electrons. The van der Waals surface area contributed by atoms with E-state index in [-0.39, 0.29) is 22.4 Å². The molecule has 1 aromatic rings. The van der Waals surface area contributed by atoms with Gasteiger partial charge in [0, 0.05) is 20.1 Å². The van der Waals surface area contributed by atoms with E-state index in [1.165, 1.54) is 20.2 Å². The van der Waals surface area contributed by atoms with Crippen molar-refractivity contribution in [1.82, 2.24) is 4.31 Å². The smallest absolute Gasteiger partial charge is 0.244 e. The van der Waals surface area contributed by atoms with Gasteiger partial charge in [0.05, 0.1) is 17.2 Å². The van der Waals surface area contributed by atoms with Crippen molar-refractivity contribution in [2.24, 2.45) is 0 Å². The zero-order valence-electron chi connectivity index (χ0n) is 12.1. The van der Waals surface area contributed by atoms with Gasteiger partial charge < -0.3 is 5.32 Å². The Kier molecular flexibility index (Phi) is 4.60. The first-order chi connectivity index (χ1) is 9.72. The van der Waals surface area contributed by atoms with Crippen molar-refractivity contribution in [3.63, 3.8) is 0 Å². The monoisotopic (exact) mass is 332 g/mol. The third-order valence-corrected chi connectivity index (χ3v) is 7.16. The molecule has 6 nitrogen and oxygen atoms in total. The highest BCUT2D eigenvalue weighted by molar-refractivity contribution is 7.91. The third kappa shape index (κ3) is 3.75. The summed E-state index contributed by atoms with van der Waals surface area (Å²) in [5.74, 6) is 0.256. The zero-order chi connectivity index (χ0) is 15.7. The first-order valence-corrected chi connectivity index (χ1v) is 9.97. The summed E-state index contributed by atoms with van der Waals surface area (Å²) in [6.45, 7) is 0. The topological polar surface area (TPSA) is 83.6 Å². The molecule has 8 heteroatoms. The molecule has 2 rings (SSSR count). The maximum absolute atomic E-state index is 12.3. The van der Waals surface area contributed by atoms with Gasteiger partial charge in [-0.3, -0.25) is 0 Å². The van der Waals surface area contributed by atoms with Crippen LogP contribution in [0.5, 0.6) is 0 Å². The van der Waals surface area contributed by atoms with Crippen molar-refractivity contribution in [2.75, 3.05) is 30.9 Å². The van der Waals surface area contributed by atoms with E-state index in [1.54, 1.807) is 18.2 Å². The zero-order valence-corrected chi connectivity index (χ0v) is 13.7. The van der Waals surface area contributed by atoms with E-state index in [2.05, 4.69) is 5.32 Å². The Balaban J connectivity index is 2.30. The van der Waals surface area contributed by atoms with E-state index < -0.39 is 19.9 Å². The standard InChI is InChI=1S/C13H20N2O4S2/c1-15(2)21(18,19)13-8-4-3-7-12(13)14-11-6-5-9-20(16,17)10-11/h3-4,7-8,11,14H,5-6,9-10H2,1-2H3. The number of sulfonamides is 1. The molecule has 21 heavy (non-hydrogen) atoms. The summed E-state index contributed by atoms with van der Waals surface area (Å²) in [6, 6.07) is 6.32. The van der Waals surface area contributed by atoms with Crippen molar-refractivity contribution >= 4 is 25.5 Å². The van der Waals surface area contributed by atoms with Gasteiger partial charge >= 0.3 is 0 Å². The lowest BCUT2D eigenvalue weighted by atomic mass is 10.1. The Labute approximate surface area is 126 Å². The van der Waals surface area contributed by atoms with E-state index >= 15 is 0 Å². The van der Waals surface area contributed by atoms with Crippen LogP contribution >= 0.6 is 0 Å². The Morgan fingerprint density at radius 1 is 1.24 bits per heavy atom. The van der Waals surface area contributed by atoms with E-state index in [0.29, 0.717) is 12.1 Å². The van der Waals surface area contributed by atoms with Gasteiger partial charge in [0.25, 0.3) is 0 Å². The lowest BCUT2D eigenvalue weighted by Gasteiger charge is -2.25. The van der Waals surface area contributed by atoms with Gasteiger partial charge in [0.2, 0.25) is 10.0 Å². The highest BCUT2D eigenvalue weighted by Crippen LogP contribution is 2.25. The maximum atomic E-state index is 12.3. The molecule has 1 atom stereocenters. The molecule has 1 unspecified atom stereocenters. The largest absolute Gasteiger partial charge is 0.380 e. The molecular weight excluding hydrogens is 312 g/mol. The summed E-state index contributed by atoms with van der Waals surface area (Å²) < 4.78 is 49.1. The molecule has 1 aliphatic rings. The fraction of sp³-hybridized carbons (Fsp3) is 0.538. The minimum atomic E-state index is -3.57.